The van der Waals surface area contributed by atoms with Gasteiger partial charge in [0.25, 0.3) is 0 Å². The molecule has 1 aromatic heterocycles. The monoisotopic (exact) mass is 114 g/mol. The van der Waals surface area contributed by atoms with Gasteiger partial charge in [-0.2, -0.15) is 0 Å². The molecule has 38 valence electrons. The molecule has 0 radical (unpaired) electrons. The van der Waals surface area contributed by atoms with Crippen LogP contribution in [0.2, 0.25) is 0 Å². The van der Waals surface area contributed by atoms with Gasteiger partial charge in [-0.25, -0.2) is 4.98 Å². The summed E-state index contributed by atoms with van der Waals surface area (Å²) in [6.45, 7) is 2.00. The van der Waals surface area contributed by atoms with E-state index in [2.05, 4.69) is 14.4 Å². The van der Waals surface area contributed by atoms with E-state index in [0.717, 1.165) is 5.69 Å². The summed E-state index contributed by atoms with van der Waals surface area (Å²) in [6, 6.07) is 0. The van der Waals surface area contributed by atoms with Gasteiger partial charge in [-0.05, 0) is 16.3 Å². The molecule has 1 atom stereocenters. The highest BCUT2D eigenvalue weighted by Crippen LogP contribution is 1.98. The standard InChI is InChI=1S/C4H7N2P/c1-4-2-5-3-6(4)7/h2-3H,7H2,1H3. The highest BCUT2D eigenvalue weighted by Gasteiger charge is 1.83. The molecule has 0 aliphatic rings. The average Bonchev–Trinajstić information content (AvgIpc) is 1.91. The van der Waals surface area contributed by atoms with Crippen LogP contribution in [-0.2, 0) is 0 Å². The number of rotatable bonds is 0. The first-order valence-electron chi connectivity index (χ1n) is 2.05. The molecule has 0 N–H and O–H groups in total. The van der Waals surface area contributed by atoms with Crippen molar-refractivity contribution in [3.8, 4) is 0 Å². The summed E-state index contributed by atoms with van der Waals surface area (Å²) < 4.78 is 1.89. The minimum atomic E-state index is 1.16. The van der Waals surface area contributed by atoms with Crippen LogP contribution in [0.25, 0.3) is 0 Å². The van der Waals surface area contributed by atoms with Gasteiger partial charge >= 0.3 is 0 Å². The van der Waals surface area contributed by atoms with Gasteiger partial charge in [0, 0.05) is 11.9 Å². The molecule has 0 aliphatic carbocycles. The Labute approximate surface area is 44.8 Å². The third kappa shape index (κ3) is 0.804. The molecule has 0 aliphatic heterocycles. The Bertz CT molecular complexity index is 142. The fraction of sp³-hybridized carbons (Fsp3) is 0.250. The number of hydrogen-bond acceptors (Lipinski definition) is 1. The summed E-state index contributed by atoms with van der Waals surface area (Å²) in [5.74, 6) is 0. The van der Waals surface area contributed by atoms with Crippen LogP contribution in [0.1, 0.15) is 5.69 Å². The minimum Gasteiger partial charge on any atom is -0.319 e. The Balaban J connectivity index is 3.12. The zero-order chi connectivity index (χ0) is 5.28. The maximum atomic E-state index is 3.86. The Morgan fingerprint density at radius 2 is 2.57 bits per heavy atom. The lowest BCUT2D eigenvalue weighted by molar-refractivity contribution is 1.17. The van der Waals surface area contributed by atoms with E-state index < -0.39 is 0 Å². The van der Waals surface area contributed by atoms with Gasteiger partial charge in [0.05, 0.1) is 6.33 Å². The molecule has 0 saturated carbocycles. The van der Waals surface area contributed by atoms with E-state index in [-0.39, 0.29) is 0 Å². The molecule has 0 fully saturated rings. The molecule has 0 spiro atoms. The summed E-state index contributed by atoms with van der Waals surface area (Å²) in [7, 11) is 2.53. The lowest BCUT2D eigenvalue weighted by Gasteiger charge is -1.87. The van der Waals surface area contributed by atoms with Crippen LogP contribution >= 0.6 is 9.39 Å². The number of hydrogen-bond donors (Lipinski definition) is 0. The molecule has 0 saturated heterocycles. The third-order valence-electron chi connectivity index (χ3n) is 0.860. The fourth-order valence-electron chi connectivity index (χ4n) is 0.371. The minimum absolute atomic E-state index is 1.16. The van der Waals surface area contributed by atoms with Crippen molar-refractivity contribution in [2.24, 2.45) is 0 Å². The number of nitrogens with zero attached hydrogens (tertiary/aromatic N) is 2. The van der Waals surface area contributed by atoms with E-state index >= 15 is 0 Å². The quantitative estimate of drug-likeness (QED) is 0.457. The molecule has 1 rings (SSSR count). The van der Waals surface area contributed by atoms with Gasteiger partial charge in [0.2, 0.25) is 0 Å². The average molecular weight is 114 g/mol. The Kier molecular flexibility index (Phi) is 1.11. The van der Waals surface area contributed by atoms with Gasteiger partial charge in [-0.15, -0.1) is 0 Å². The Morgan fingerprint density at radius 3 is 2.71 bits per heavy atom. The van der Waals surface area contributed by atoms with E-state index in [1.807, 2.05) is 17.5 Å². The van der Waals surface area contributed by atoms with Crippen molar-refractivity contribution < 1.29 is 0 Å². The van der Waals surface area contributed by atoms with Crippen LogP contribution in [0, 0.1) is 6.92 Å². The second-order valence-electron chi connectivity index (χ2n) is 1.44. The number of aryl methyl sites for hydroxylation is 1. The molecule has 0 amide bonds. The third-order valence-corrected chi connectivity index (χ3v) is 1.40. The second kappa shape index (κ2) is 1.63. The highest BCUT2D eigenvalue weighted by atomic mass is 31.0. The van der Waals surface area contributed by atoms with Crippen LogP contribution in [0.4, 0.5) is 0 Å². The number of aromatic nitrogens is 2. The molecule has 1 unspecified atom stereocenters. The van der Waals surface area contributed by atoms with Crippen molar-refractivity contribution in [1.29, 1.82) is 0 Å². The smallest absolute Gasteiger partial charge is 0.0977 e. The maximum Gasteiger partial charge on any atom is 0.0977 e. The largest absolute Gasteiger partial charge is 0.319 e. The van der Waals surface area contributed by atoms with Gasteiger partial charge in [-0.1, -0.05) is 0 Å². The van der Waals surface area contributed by atoms with Crippen molar-refractivity contribution in [2.75, 3.05) is 0 Å². The molecule has 1 aromatic rings. The van der Waals surface area contributed by atoms with Crippen molar-refractivity contribution >= 4 is 9.39 Å². The molecule has 1 heterocycles. The second-order valence-corrected chi connectivity index (χ2v) is 2.00. The van der Waals surface area contributed by atoms with E-state index in [9.17, 15) is 0 Å². The lowest BCUT2D eigenvalue weighted by atomic mass is 10.6. The van der Waals surface area contributed by atoms with Crippen LogP contribution in [0.5, 0.6) is 0 Å². The first-order valence-corrected chi connectivity index (χ1v) is 2.56. The summed E-state index contributed by atoms with van der Waals surface area (Å²) in [5.41, 5.74) is 1.16. The van der Waals surface area contributed by atoms with Crippen molar-refractivity contribution in [1.82, 2.24) is 9.32 Å². The van der Waals surface area contributed by atoms with E-state index in [1.165, 1.54) is 0 Å². The zero-order valence-corrected chi connectivity index (χ0v) is 5.28. The van der Waals surface area contributed by atoms with Crippen LogP contribution in [0.15, 0.2) is 12.5 Å². The topological polar surface area (TPSA) is 17.8 Å². The molecule has 3 heteroatoms. The van der Waals surface area contributed by atoms with E-state index in [0.29, 0.717) is 0 Å². The molecule has 2 nitrogen and oxygen atoms in total. The summed E-state index contributed by atoms with van der Waals surface area (Å²) in [4.78, 5) is 3.86. The SMILES string of the molecule is Cc1cncn1P. The normalized spacial score (nSPS) is 9.43. The van der Waals surface area contributed by atoms with Gasteiger partial charge in [0.1, 0.15) is 0 Å². The van der Waals surface area contributed by atoms with Crippen LogP contribution < -0.4 is 0 Å². The van der Waals surface area contributed by atoms with E-state index in [1.54, 1.807) is 6.33 Å². The van der Waals surface area contributed by atoms with Crippen molar-refractivity contribution in [3.63, 3.8) is 0 Å². The highest BCUT2D eigenvalue weighted by molar-refractivity contribution is 7.14. The van der Waals surface area contributed by atoms with Gasteiger partial charge < -0.3 is 4.34 Å². The summed E-state index contributed by atoms with van der Waals surface area (Å²) in [5, 5.41) is 0. The van der Waals surface area contributed by atoms with Crippen LogP contribution in [-0.4, -0.2) is 9.32 Å². The maximum absolute atomic E-state index is 3.86. The Hall–Kier alpha value is -0.360. The lowest BCUT2D eigenvalue weighted by Crippen LogP contribution is -1.74. The molecule has 0 aromatic carbocycles. The first-order chi connectivity index (χ1) is 3.30. The molecule has 0 bridgehead atoms. The predicted molar refractivity (Wildman–Crippen MR) is 32.1 cm³/mol. The van der Waals surface area contributed by atoms with E-state index in [4.69, 9.17) is 0 Å². The molecule has 7 heavy (non-hydrogen) atoms. The van der Waals surface area contributed by atoms with Gasteiger partial charge in [0.15, 0.2) is 0 Å². The van der Waals surface area contributed by atoms with Gasteiger partial charge in [-0.3, -0.25) is 0 Å². The van der Waals surface area contributed by atoms with Crippen LogP contribution in [0.3, 0.4) is 0 Å². The molecular formula is C4H7N2P. The molecular weight excluding hydrogens is 107 g/mol. The first kappa shape index (κ1) is 4.79. The summed E-state index contributed by atoms with van der Waals surface area (Å²) >= 11 is 0. The fourth-order valence-corrected chi connectivity index (χ4v) is 0.514. The predicted octanol–water partition coefficient (Wildman–Crippen LogP) is 0.830. The van der Waals surface area contributed by atoms with Crippen molar-refractivity contribution in [2.45, 2.75) is 6.92 Å². The summed E-state index contributed by atoms with van der Waals surface area (Å²) in [6.07, 6.45) is 3.56. The zero-order valence-electron chi connectivity index (χ0n) is 4.13. The van der Waals surface area contributed by atoms with Crippen molar-refractivity contribution in [3.05, 3.63) is 18.2 Å². The Morgan fingerprint density at radius 1 is 1.86 bits per heavy atom. The number of imidazole rings is 1.